The summed E-state index contributed by atoms with van der Waals surface area (Å²) in [5.41, 5.74) is 0.130. The van der Waals surface area contributed by atoms with Crippen LogP contribution in [0.5, 0.6) is 5.75 Å². The third-order valence-corrected chi connectivity index (χ3v) is 3.99. The second-order valence-corrected chi connectivity index (χ2v) is 6.13. The van der Waals surface area contributed by atoms with Crippen molar-refractivity contribution >= 4 is 17.1 Å². The molecular weight excluding hydrogens is 276 g/mol. The highest BCUT2D eigenvalue weighted by molar-refractivity contribution is 8.12. The van der Waals surface area contributed by atoms with E-state index in [0.29, 0.717) is 16.9 Å². The van der Waals surface area contributed by atoms with E-state index in [0.717, 1.165) is 11.9 Å². The molecule has 0 aliphatic carbocycles. The summed E-state index contributed by atoms with van der Waals surface area (Å²) in [4.78, 5) is 12.3. The maximum Gasteiger partial charge on any atom is 0.214 e. The van der Waals surface area contributed by atoms with Crippen molar-refractivity contribution in [2.75, 3.05) is 7.05 Å². The maximum atomic E-state index is 12.3. The molecule has 2 N–H and O–H groups in total. The molecule has 0 saturated heterocycles. The quantitative estimate of drug-likeness (QED) is 0.805. The number of fused-ring (bicyclic) bond motifs is 1. The van der Waals surface area contributed by atoms with Gasteiger partial charge in [0, 0.05) is 5.56 Å². The molecule has 20 heavy (non-hydrogen) atoms. The van der Waals surface area contributed by atoms with Gasteiger partial charge in [-0.15, -0.1) is 0 Å². The van der Waals surface area contributed by atoms with Crippen LogP contribution >= 0.6 is 11.9 Å². The predicted octanol–water partition coefficient (Wildman–Crippen LogP) is 1.57. The van der Waals surface area contributed by atoms with Crippen LogP contribution in [0.1, 0.15) is 30.9 Å². The van der Waals surface area contributed by atoms with E-state index in [9.17, 15) is 9.90 Å². The van der Waals surface area contributed by atoms with Crippen LogP contribution in [-0.4, -0.2) is 29.0 Å². The van der Waals surface area contributed by atoms with E-state index in [4.69, 9.17) is 10.00 Å². The van der Waals surface area contributed by atoms with E-state index in [-0.39, 0.29) is 5.12 Å². The average Bonchev–Trinajstić information content (AvgIpc) is 2.39. The molecular formula is C14H16N2O3S. The van der Waals surface area contributed by atoms with E-state index in [2.05, 4.69) is 4.72 Å². The Morgan fingerprint density at radius 3 is 2.85 bits per heavy atom. The number of nitrogens with zero attached hydrogens (tertiary/aromatic N) is 1. The van der Waals surface area contributed by atoms with Gasteiger partial charge in [-0.1, -0.05) is 0 Å². The van der Waals surface area contributed by atoms with Gasteiger partial charge in [0.1, 0.15) is 17.5 Å². The van der Waals surface area contributed by atoms with Crippen LogP contribution in [-0.2, 0) is 4.79 Å². The molecule has 0 saturated carbocycles. The molecule has 0 spiro atoms. The summed E-state index contributed by atoms with van der Waals surface area (Å²) in [6.07, 6.45) is -0.975. The summed E-state index contributed by atoms with van der Waals surface area (Å²) in [6.45, 7) is 3.48. The number of carbonyl (C=O) groups excluding carboxylic acids is 1. The minimum atomic E-state index is -0.975. The minimum absolute atomic E-state index is 0.201. The first-order chi connectivity index (χ1) is 9.40. The molecule has 0 fully saturated rings. The summed E-state index contributed by atoms with van der Waals surface area (Å²) in [5.74, 6) is -0.186. The molecule has 0 aromatic heterocycles. The Labute approximate surface area is 122 Å². The monoisotopic (exact) mass is 292 g/mol. The first-order valence-corrected chi connectivity index (χ1v) is 7.01. The van der Waals surface area contributed by atoms with E-state index in [1.165, 1.54) is 0 Å². The summed E-state index contributed by atoms with van der Waals surface area (Å²) >= 11 is 0.932. The Kier molecular flexibility index (Phi) is 4.04. The third kappa shape index (κ3) is 2.52. The van der Waals surface area contributed by atoms with Crippen molar-refractivity contribution < 1.29 is 14.6 Å². The van der Waals surface area contributed by atoms with Crippen molar-refractivity contribution in [2.24, 2.45) is 0 Å². The molecule has 1 aliphatic rings. The Balaban J connectivity index is 2.54. The average molecular weight is 292 g/mol. The van der Waals surface area contributed by atoms with Gasteiger partial charge in [-0.2, -0.15) is 5.26 Å². The molecule has 2 unspecified atom stereocenters. The van der Waals surface area contributed by atoms with Crippen molar-refractivity contribution in [3.63, 3.8) is 0 Å². The largest absolute Gasteiger partial charge is 0.485 e. The van der Waals surface area contributed by atoms with E-state index in [1.807, 2.05) is 6.07 Å². The number of benzene rings is 1. The highest BCUT2D eigenvalue weighted by Gasteiger charge is 2.46. The zero-order valence-corrected chi connectivity index (χ0v) is 12.3. The molecule has 1 aliphatic heterocycles. The number of aliphatic hydroxyl groups excluding tert-OH is 1. The summed E-state index contributed by atoms with van der Waals surface area (Å²) < 4.78 is 8.47. The number of nitrogens with one attached hydrogen (secondary N) is 1. The SMILES string of the molecule is CNSC(=O)C1c2cc(C#N)ccc2OC(C)(C)C1O. The molecule has 2 rings (SSSR count). The molecule has 2 atom stereocenters. The van der Waals surface area contributed by atoms with Crippen molar-refractivity contribution in [3.8, 4) is 11.8 Å². The lowest BCUT2D eigenvalue weighted by atomic mass is 9.81. The van der Waals surface area contributed by atoms with Gasteiger partial charge in [0.2, 0.25) is 5.12 Å². The Morgan fingerprint density at radius 2 is 2.25 bits per heavy atom. The topological polar surface area (TPSA) is 82.4 Å². The molecule has 0 bridgehead atoms. The van der Waals surface area contributed by atoms with Gasteiger partial charge in [-0.05, 0) is 51.0 Å². The highest BCUT2D eigenvalue weighted by atomic mass is 32.2. The second kappa shape index (κ2) is 5.44. The number of carbonyl (C=O) groups is 1. The number of hydrogen-bond acceptors (Lipinski definition) is 6. The number of hydrogen-bond donors (Lipinski definition) is 2. The molecule has 0 amide bonds. The van der Waals surface area contributed by atoms with Crippen LogP contribution in [0.3, 0.4) is 0 Å². The minimum Gasteiger partial charge on any atom is -0.485 e. The van der Waals surface area contributed by atoms with Crippen LogP contribution in [0.15, 0.2) is 18.2 Å². The highest BCUT2D eigenvalue weighted by Crippen LogP contribution is 2.43. The molecule has 1 heterocycles. The fourth-order valence-electron chi connectivity index (χ4n) is 2.29. The third-order valence-electron chi connectivity index (χ3n) is 3.33. The van der Waals surface area contributed by atoms with Crippen LogP contribution < -0.4 is 9.46 Å². The van der Waals surface area contributed by atoms with Crippen LogP contribution in [0.2, 0.25) is 0 Å². The molecule has 1 aromatic carbocycles. The fraction of sp³-hybridized carbons (Fsp3) is 0.429. The molecule has 106 valence electrons. The Hall–Kier alpha value is -1.55. The normalized spacial score (nSPS) is 23.4. The lowest BCUT2D eigenvalue weighted by molar-refractivity contribution is -0.121. The molecule has 0 radical (unpaired) electrons. The number of ether oxygens (including phenoxy) is 1. The van der Waals surface area contributed by atoms with Crippen LogP contribution in [0.4, 0.5) is 0 Å². The van der Waals surface area contributed by atoms with E-state index >= 15 is 0 Å². The van der Waals surface area contributed by atoms with E-state index in [1.54, 1.807) is 39.1 Å². The lowest BCUT2D eigenvalue weighted by Gasteiger charge is -2.41. The van der Waals surface area contributed by atoms with E-state index < -0.39 is 17.6 Å². The Bertz CT molecular complexity index is 580. The standard InChI is InChI=1S/C14H16N2O3S/c1-14(2)12(17)11(13(18)20-16-3)9-6-8(7-15)4-5-10(9)19-14/h4-6,11-12,16-17H,1-3H3. The first-order valence-electron chi connectivity index (χ1n) is 6.19. The fourth-order valence-corrected chi connectivity index (χ4v) is 2.87. The number of nitriles is 1. The first kappa shape index (κ1) is 14.9. The van der Waals surface area contributed by atoms with Gasteiger partial charge in [0.05, 0.1) is 17.6 Å². The van der Waals surface area contributed by atoms with Gasteiger partial charge in [-0.3, -0.25) is 9.52 Å². The molecule has 6 heteroatoms. The smallest absolute Gasteiger partial charge is 0.214 e. The van der Waals surface area contributed by atoms with Gasteiger partial charge in [0.25, 0.3) is 0 Å². The van der Waals surface area contributed by atoms with Crippen molar-refractivity contribution in [2.45, 2.75) is 31.5 Å². The molecule has 1 aromatic rings. The zero-order chi connectivity index (χ0) is 14.9. The number of aliphatic hydroxyl groups is 1. The van der Waals surface area contributed by atoms with Crippen molar-refractivity contribution in [3.05, 3.63) is 29.3 Å². The van der Waals surface area contributed by atoms with Crippen LogP contribution in [0.25, 0.3) is 0 Å². The predicted molar refractivity (Wildman–Crippen MR) is 76.3 cm³/mol. The van der Waals surface area contributed by atoms with Crippen molar-refractivity contribution in [1.29, 1.82) is 5.26 Å². The second-order valence-electron chi connectivity index (χ2n) is 5.12. The maximum absolute atomic E-state index is 12.3. The number of rotatable bonds is 2. The Morgan fingerprint density at radius 1 is 1.55 bits per heavy atom. The van der Waals surface area contributed by atoms with Crippen LogP contribution in [0, 0.1) is 11.3 Å². The summed E-state index contributed by atoms with van der Waals surface area (Å²) in [7, 11) is 1.64. The summed E-state index contributed by atoms with van der Waals surface area (Å²) in [6, 6.07) is 6.95. The van der Waals surface area contributed by atoms with Crippen molar-refractivity contribution in [1.82, 2.24) is 4.72 Å². The van der Waals surface area contributed by atoms with Gasteiger partial charge >= 0.3 is 0 Å². The molecule has 5 nitrogen and oxygen atoms in total. The van der Waals surface area contributed by atoms with Gasteiger partial charge in [0.15, 0.2) is 0 Å². The summed E-state index contributed by atoms with van der Waals surface area (Å²) in [5, 5.41) is 19.2. The van der Waals surface area contributed by atoms with Gasteiger partial charge in [-0.25, -0.2) is 0 Å². The zero-order valence-electron chi connectivity index (χ0n) is 11.5. The van der Waals surface area contributed by atoms with Gasteiger partial charge < -0.3 is 9.84 Å². The lowest BCUT2D eigenvalue weighted by Crippen LogP contribution is -2.50.